The molecule has 0 aromatic carbocycles. The molecule has 1 rings (SSSR count). The lowest BCUT2D eigenvalue weighted by atomic mass is 10.4. The Hall–Kier alpha value is -1.23. The van der Waals surface area contributed by atoms with Gasteiger partial charge in [0.2, 0.25) is 0 Å². The molecule has 1 aromatic rings. The molecule has 5 heteroatoms. The minimum atomic E-state index is -0.693. The van der Waals surface area contributed by atoms with Crippen molar-refractivity contribution in [3.8, 4) is 0 Å². The number of hydrogen-bond donors (Lipinski definition) is 1. The molecule has 0 unspecified atom stereocenters. The molecule has 0 aliphatic rings. The van der Waals surface area contributed by atoms with Gasteiger partial charge < -0.3 is 10.1 Å². The van der Waals surface area contributed by atoms with E-state index >= 15 is 0 Å². The zero-order valence-corrected chi connectivity index (χ0v) is 7.89. The van der Waals surface area contributed by atoms with Crippen LogP contribution in [0.1, 0.15) is 6.92 Å². The first-order valence-corrected chi connectivity index (χ1v) is 4.36. The van der Waals surface area contributed by atoms with Crippen molar-refractivity contribution in [1.82, 2.24) is 4.98 Å². The van der Waals surface area contributed by atoms with Crippen LogP contribution in [-0.2, 0) is 4.74 Å². The molecule has 0 saturated heterocycles. The van der Waals surface area contributed by atoms with Crippen molar-refractivity contribution in [1.29, 1.82) is 0 Å². The fourth-order valence-corrected chi connectivity index (χ4v) is 0.931. The van der Waals surface area contributed by atoms with Crippen LogP contribution in [0.15, 0.2) is 12.3 Å². The monoisotopic (exact) mass is 202 g/mol. The number of ether oxygens (including phenoxy) is 1. The second-order valence-electron chi connectivity index (χ2n) is 2.61. The average Bonchev–Trinajstić information content (AvgIpc) is 2.15. The number of anilines is 1. The summed E-state index contributed by atoms with van der Waals surface area (Å²) in [6.07, 6.45) is 0.964. The molecule has 14 heavy (non-hydrogen) atoms. The predicted molar refractivity (Wildman–Crippen MR) is 49.1 cm³/mol. The highest BCUT2D eigenvalue weighted by atomic mass is 19.1. The SMILES string of the molecule is CCOCCNc1ncc(F)cc1F. The van der Waals surface area contributed by atoms with Gasteiger partial charge >= 0.3 is 0 Å². The van der Waals surface area contributed by atoms with E-state index in [0.29, 0.717) is 19.8 Å². The molecule has 1 N–H and O–H groups in total. The number of nitrogens with one attached hydrogen (secondary N) is 1. The zero-order chi connectivity index (χ0) is 10.4. The number of hydrogen-bond acceptors (Lipinski definition) is 3. The molecule has 0 aliphatic heterocycles. The molecule has 1 aromatic heterocycles. The van der Waals surface area contributed by atoms with E-state index in [9.17, 15) is 8.78 Å². The molecule has 0 aliphatic carbocycles. The maximum Gasteiger partial charge on any atom is 0.168 e. The lowest BCUT2D eigenvalue weighted by molar-refractivity contribution is 0.158. The molecule has 3 nitrogen and oxygen atoms in total. The topological polar surface area (TPSA) is 34.1 Å². The summed E-state index contributed by atoms with van der Waals surface area (Å²) in [5, 5.41) is 2.70. The average molecular weight is 202 g/mol. The van der Waals surface area contributed by atoms with Gasteiger partial charge in [-0.05, 0) is 6.92 Å². The van der Waals surface area contributed by atoms with Crippen LogP contribution in [0.25, 0.3) is 0 Å². The molecule has 78 valence electrons. The van der Waals surface area contributed by atoms with E-state index in [4.69, 9.17) is 4.74 Å². The molecule has 0 bridgehead atoms. The lowest BCUT2D eigenvalue weighted by Gasteiger charge is -2.05. The van der Waals surface area contributed by atoms with E-state index in [1.165, 1.54) is 0 Å². The van der Waals surface area contributed by atoms with Crippen LogP contribution in [0, 0.1) is 11.6 Å². The summed E-state index contributed by atoms with van der Waals surface area (Å²) in [6, 6.07) is 0.788. The number of halogens is 2. The van der Waals surface area contributed by atoms with Crippen LogP contribution in [0.4, 0.5) is 14.6 Å². The summed E-state index contributed by atoms with van der Waals surface area (Å²) >= 11 is 0. The van der Waals surface area contributed by atoms with Crippen LogP contribution < -0.4 is 5.32 Å². The minimum absolute atomic E-state index is 0.0473. The van der Waals surface area contributed by atoms with Crippen LogP contribution in [-0.4, -0.2) is 24.7 Å². The van der Waals surface area contributed by atoms with Crippen molar-refractivity contribution in [2.75, 3.05) is 25.1 Å². The summed E-state index contributed by atoms with van der Waals surface area (Å²) in [5.74, 6) is -1.33. The molecule has 0 saturated carbocycles. The zero-order valence-electron chi connectivity index (χ0n) is 7.89. The molecular weight excluding hydrogens is 190 g/mol. The van der Waals surface area contributed by atoms with Crippen LogP contribution in [0.2, 0.25) is 0 Å². The highest BCUT2D eigenvalue weighted by molar-refractivity contribution is 5.35. The van der Waals surface area contributed by atoms with E-state index < -0.39 is 11.6 Å². The summed E-state index contributed by atoms with van der Waals surface area (Å²) in [7, 11) is 0. The molecule has 0 spiro atoms. The highest BCUT2D eigenvalue weighted by Gasteiger charge is 2.03. The van der Waals surface area contributed by atoms with Gasteiger partial charge in [-0.25, -0.2) is 13.8 Å². The Bertz CT molecular complexity index is 294. The second kappa shape index (κ2) is 5.49. The maximum atomic E-state index is 13.0. The maximum absolute atomic E-state index is 13.0. The van der Waals surface area contributed by atoms with Crippen LogP contribution >= 0.6 is 0 Å². The van der Waals surface area contributed by atoms with E-state index in [-0.39, 0.29) is 5.82 Å². The Morgan fingerprint density at radius 3 is 2.93 bits per heavy atom. The molecule has 0 fully saturated rings. The number of rotatable bonds is 5. The van der Waals surface area contributed by atoms with E-state index in [1.807, 2.05) is 6.92 Å². The highest BCUT2D eigenvalue weighted by Crippen LogP contribution is 2.10. The normalized spacial score (nSPS) is 10.2. The summed E-state index contributed by atoms with van der Waals surface area (Å²) in [6.45, 7) is 3.40. The first kappa shape index (κ1) is 10.8. The summed E-state index contributed by atoms with van der Waals surface area (Å²) in [4.78, 5) is 3.56. The van der Waals surface area contributed by atoms with Gasteiger partial charge in [-0.2, -0.15) is 0 Å². The van der Waals surface area contributed by atoms with Gasteiger partial charge in [-0.3, -0.25) is 0 Å². The van der Waals surface area contributed by atoms with Gasteiger partial charge in [-0.1, -0.05) is 0 Å². The van der Waals surface area contributed by atoms with E-state index in [0.717, 1.165) is 12.3 Å². The van der Waals surface area contributed by atoms with Gasteiger partial charge in [0.25, 0.3) is 0 Å². The standard InChI is InChI=1S/C9H12F2N2O/c1-2-14-4-3-12-9-8(11)5-7(10)6-13-9/h5-6H,2-4H2,1H3,(H,12,13). The van der Waals surface area contributed by atoms with E-state index in [2.05, 4.69) is 10.3 Å². The third kappa shape index (κ3) is 3.26. The van der Waals surface area contributed by atoms with Crippen LogP contribution in [0.5, 0.6) is 0 Å². The smallest absolute Gasteiger partial charge is 0.168 e. The fraction of sp³-hybridized carbons (Fsp3) is 0.444. The van der Waals surface area contributed by atoms with Crippen molar-refractivity contribution in [2.45, 2.75) is 6.92 Å². The van der Waals surface area contributed by atoms with Gasteiger partial charge in [0.05, 0.1) is 12.8 Å². The van der Waals surface area contributed by atoms with Crippen molar-refractivity contribution in [3.05, 3.63) is 23.9 Å². The van der Waals surface area contributed by atoms with Gasteiger partial charge in [-0.15, -0.1) is 0 Å². The molecular formula is C9H12F2N2O. The number of pyridine rings is 1. The minimum Gasteiger partial charge on any atom is -0.380 e. The first-order valence-electron chi connectivity index (χ1n) is 4.36. The van der Waals surface area contributed by atoms with E-state index in [1.54, 1.807) is 0 Å². The quantitative estimate of drug-likeness (QED) is 0.739. The largest absolute Gasteiger partial charge is 0.380 e. The Balaban J connectivity index is 2.42. The number of nitrogens with zero attached hydrogens (tertiary/aromatic N) is 1. The molecule has 0 radical (unpaired) electrons. The van der Waals surface area contributed by atoms with Gasteiger partial charge in [0.15, 0.2) is 11.6 Å². The Morgan fingerprint density at radius 1 is 1.50 bits per heavy atom. The Labute approximate surface area is 81.1 Å². The third-order valence-corrected chi connectivity index (χ3v) is 1.55. The molecule has 1 heterocycles. The Kier molecular flexibility index (Phi) is 4.25. The number of aromatic nitrogens is 1. The van der Waals surface area contributed by atoms with Crippen molar-refractivity contribution in [3.63, 3.8) is 0 Å². The van der Waals surface area contributed by atoms with Gasteiger partial charge in [0.1, 0.15) is 5.82 Å². The summed E-state index contributed by atoms with van der Waals surface area (Å²) in [5.41, 5.74) is 0. The fourth-order valence-electron chi connectivity index (χ4n) is 0.931. The first-order chi connectivity index (χ1) is 6.74. The summed E-state index contributed by atoms with van der Waals surface area (Å²) < 4.78 is 30.4. The Morgan fingerprint density at radius 2 is 2.29 bits per heavy atom. The third-order valence-electron chi connectivity index (χ3n) is 1.55. The van der Waals surface area contributed by atoms with Gasteiger partial charge in [0, 0.05) is 19.2 Å². The predicted octanol–water partition coefficient (Wildman–Crippen LogP) is 1.81. The van der Waals surface area contributed by atoms with Crippen molar-refractivity contribution in [2.24, 2.45) is 0 Å². The van der Waals surface area contributed by atoms with Crippen molar-refractivity contribution >= 4 is 5.82 Å². The molecule has 0 atom stereocenters. The van der Waals surface area contributed by atoms with Crippen molar-refractivity contribution < 1.29 is 13.5 Å². The lowest BCUT2D eigenvalue weighted by Crippen LogP contribution is -2.11. The van der Waals surface area contributed by atoms with Crippen LogP contribution in [0.3, 0.4) is 0 Å². The second-order valence-corrected chi connectivity index (χ2v) is 2.61. The molecule has 0 amide bonds.